The molecular formula is C20H22N6O3S2. The van der Waals surface area contributed by atoms with Crippen LogP contribution >= 0.6 is 23.1 Å². The van der Waals surface area contributed by atoms with E-state index in [1.807, 2.05) is 45.2 Å². The number of hydrogen-bond donors (Lipinski definition) is 0. The maximum atomic E-state index is 13.0. The third-order valence-corrected chi connectivity index (χ3v) is 6.68. The fraction of sp³-hybridized carbons (Fsp3) is 0.400. The van der Waals surface area contributed by atoms with E-state index in [2.05, 4.69) is 15.2 Å². The molecule has 0 bridgehead atoms. The number of thioether (sulfide) groups is 1. The summed E-state index contributed by atoms with van der Waals surface area (Å²) in [6.45, 7) is 7.86. The Morgan fingerprint density at radius 1 is 1.13 bits per heavy atom. The van der Waals surface area contributed by atoms with Gasteiger partial charge < -0.3 is 4.42 Å². The monoisotopic (exact) mass is 458 g/mol. The lowest BCUT2D eigenvalue weighted by Crippen LogP contribution is -2.38. The molecule has 0 N–H and O–H groups in total. The van der Waals surface area contributed by atoms with Crippen LogP contribution in [-0.2, 0) is 19.5 Å². The molecule has 4 heterocycles. The van der Waals surface area contributed by atoms with Gasteiger partial charge in [-0.15, -0.1) is 21.5 Å². The van der Waals surface area contributed by atoms with Gasteiger partial charge in [0.2, 0.25) is 5.89 Å². The predicted octanol–water partition coefficient (Wildman–Crippen LogP) is 3.29. The highest BCUT2D eigenvalue weighted by Crippen LogP contribution is 2.37. The molecule has 31 heavy (non-hydrogen) atoms. The van der Waals surface area contributed by atoms with E-state index in [0.29, 0.717) is 33.7 Å². The summed E-state index contributed by atoms with van der Waals surface area (Å²) in [4.78, 5) is 35.6. The van der Waals surface area contributed by atoms with Gasteiger partial charge in [0.1, 0.15) is 16.2 Å². The number of thiophene rings is 1. The number of hydrogen-bond acceptors (Lipinski definition) is 9. The van der Waals surface area contributed by atoms with Crippen molar-refractivity contribution in [1.29, 1.82) is 0 Å². The minimum atomic E-state index is -0.433. The molecule has 11 heteroatoms. The number of aromatic nitrogens is 6. The van der Waals surface area contributed by atoms with Gasteiger partial charge in [0, 0.05) is 19.5 Å². The van der Waals surface area contributed by atoms with Gasteiger partial charge in [-0.05, 0) is 18.4 Å². The topological polar surface area (TPSA) is 109 Å². The SMILES string of the molecule is CC(Sc1nc(C(C)(C)C)nc2c1c(=O)n(C)c(=O)n2C)c1nnc(-c2cccs2)o1. The molecule has 1 atom stereocenters. The number of aryl methyl sites for hydroxylation is 1. The Morgan fingerprint density at radius 2 is 1.87 bits per heavy atom. The van der Waals surface area contributed by atoms with Crippen molar-refractivity contribution in [2.45, 2.75) is 43.4 Å². The maximum Gasteiger partial charge on any atom is 0.332 e. The van der Waals surface area contributed by atoms with Gasteiger partial charge in [0.25, 0.3) is 11.4 Å². The van der Waals surface area contributed by atoms with Crippen LogP contribution in [0.4, 0.5) is 0 Å². The molecular weight excluding hydrogens is 436 g/mol. The van der Waals surface area contributed by atoms with E-state index < -0.39 is 11.2 Å². The zero-order valence-electron chi connectivity index (χ0n) is 18.0. The normalized spacial score (nSPS) is 13.1. The third kappa shape index (κ3) is 3.83. The molecule has 4 rings (SSSR count). The largest absolute Gasteiger partial charge is 0.419 e. The standard InChI is InChI=1S/C20H22N6O3S2/c1-10(14-23-24-15(29-14)11-8-7-9-30-11)31-16-12-13(21-18(22-16)20(2,3)4)25(5)19(28)26(6)17(12)27/h7-10H,1-6H3. The van der Waals surface area contributed by atoms with Crippen LogP contribution in [0.15, 0.2) is 36.5 Å². The molecule has 0 saturated carbocycles. The van der Waals surface area contributed by atoms with E-state index in [0.717, 1.165) is 9.44 Å². The summed E-state index contributed by atoms with van der Waals surface area (Å²) in [5.41, 5.74) is -0.927. The fourth-order valence-corrected chi connectivity index (χ4v) is 4.58. The van der Waals surface area contributed by atoms with E-state index in [9.17, 15) is 9.59 Å². The van der Waals surface area contributed by atoms with Gasteiger partial charge in [-0.25, -0.2) is 14.8 Å². The lowest BCUT2D eigenvalue weighted by atomic mass is 9.96. The summed E-state index contributed by atoms with van der Waals surface area (Å²) >= 11 is 2.85. The molecule has 0 aliphatic carbocycles. The second-order valence-corrected chi connectivity index (χ2v) is 10.5. The Balaban J connectivity index is 1.84. The van der Waals surface area contributed by atoms with Crippen molar-refractivity contribution in [3.05, 3.63) is 50.1 Å². The molecule has 0 saturated heterocycles. The van der Waals surface area contributed by atoms with E-state index >= 15 is 0 Å². The summed E-state index contributed by atoms with van der Waals surface area (Å²) in [7, 11) is 3.05. The Labute approximate surface area is 186 Å². The van der Waals surface area contributed by atoms with Crippen LogP contribution in [0.3, 0.4) is 0 Å². The molecule has 0 aliphatic heterocycles. The first-order valence-corrected chi connectivity index (χ1v) is 11.4. The summed E-state index contributed by atoms with van der Waals surface area (Å²) in [5.74, 6) is 1.43. The average Bonchev–Trinajstić information content (AvgIpc) is 3.41. The average molecular weight is 459 g/mol. The van der Waals surface area contributed by atoms with Crippen molar-refractivity contribution >= 4 is 34.1 Å². The van der Waals surface area contributed by atoms with Gasteiger partial charge in [-0.1, -0.05) is 38.6 Å². The summed E-state index contributed by atoms with van der Waals surface area (Å²) in [6, 6.07) is 3.83. The molecule has 162 valence electrons. The van der Waals surface area contributed by atoms with E-state index in [1.54, 1.807) is 7.05 Å². The summed E-state index contributed by atoms with van der Waals surface area (Å²) in [5, 5.41) is 10.8. The van der Waals surface area contributed by atoms with E-state index in [-0.39, 0.29) is 10.7 Å². The first kappa shape index (κ1) is 21.4. The first-order chi connectivity index (χ1) is 14.6. The van der Waals surface area contributed by atoms with Crippen molar-refractivity contribution in [1.82, 2.24) is 29.3 Å². The lowest BCUT2D eigenvalue weighted by Gasteiger charge is -2.20. The maximum absolute atomic E-state index is 13.0. The molecule has 0 aliphatic rings. The smallest absolute Gasteiger partial charge is 0.332 e. The fourth-order valence-electron chi connectivity index (χ4n) is 2.97. The first-order valence-electron chi connectivity index (χ1n) is 9.60. The van der Waals surface area contributed by atoms with E-state index in [4.69, 9.17) is 9.40 Å². The molecule has 0 spiro atoms. The second-order valence-electron chi connectivity index (χ2n) is 8.19. The minimum absolute atomic E-state index is 0.269. The van der Waals surface area contributed by atoms with Gasteiger partial charge in [0.05, 0.1) is 10.1 Å². The van der Waals surface area contributed by atoms with Crippen LogP contribution in [0.5, 0.6) is 0 Å². The lowest BCUT2D eigenvalue weighted by molar-refractivity contribution is 0.510. The quantitative estimate of drug-likeness (QED) is 0.339. The highest BCUT2D eigenvalue weighted by Gasteiger charge is 2.26. The van der Waals surface area contributed by atoms with Crippen molar-refractivity contribution in [3.8, 4) is 10.8 Å². The zero-order chi connectivity index (χ0) is 22.5. The van der Waals surface area contributed by atoms with Crippen molar-refractivity contribution in [2.75, 3.05) is 0 Å². The van der Waals surface area contributed by atoms with Gasteiger partial charge >= 0.3 is 5.69 Å². The molecule has 0 aromatic carbocycles. The van der Waals surface area contributed by atoms with Crippen molar-refractivity contribution in [3.63, 3.8) is 0 Å². The Bertz CT molecular complexity index is 1380. The number of nitrogens with zero attached hydrogens (tertiary/aromatic N) is 6. The Kier molecular flexibility index (Phi) is 5.34. The highest BCUT2D eigenvalue weighted by atomic mass is 32.2. The van der Waals surface area contributed by atoms with Gasteiger partial charge in [-0.2, -0.15) is 0 Å². The Hall–Kier alpha value is -2.79. The molecule has 0 radical (unpaired) electrons. The molecule has 0 fully saturated rings. The summed E-state index contributed by atoms with van der Waals surface area (Å²) in [6.07, 6.45) is 0. The highest BCUT2D eigenvalue weighted by molar-refractivity contribution is 7.99. The number of rotatable bonds is 4. The predicted molar refractivity (Wildman–Crippen MR) is 121 cm³/mol. The van der Waals surface area contributed by atoms with Crippen LogP contribution in [0.1, 0.15) is 44.7 Å². The summed E-state index contributed by atoms with van der Waals surface area (Å²) < 4.78 is 8.30. The van der Waals surface area contributed by atoms with Crippen LogP contribution in [0, 0.1) is 0 Å². The Morgan fingerprint density at radius 3 is 2.52 bits per heavy atom. The van der Waals surface area contributed by atoms with E-state index in [1.165, 1.54) is 34.7 Å². The van der Waals surface area contributed by atoms with Gasteiger partial charge in [-0.3, -0.25) is 13.9 Å². The molecule has 1 unspecified atom stereocenters. The number of fused-ring (bicyclic) bond motifs is 1. The van der Waals surface area contributed by atoms with Crippen LogP contribution in [0.2, 0.25) is 0 Å². The van der Waals surface area contributed by atoms with Crippen LogP contribution in [0.25, 0.3) is 21.8 Å². The molecule has 0 amide bonds. The molecule has 4 aromatic rings. The molecule has 9 nitrogen and oxygen atoms in total. The van der Waals surface area contributed by atoms with Gasteiger partial charge in [0.15, 0.2) is 5.65 Å². The molecule has 4 aromatic heterocycles. The van der Waals surface area contributed by atoms with Crippen molar-refractivity contribution < 1.29 is 4.42 Å². The second kappa shape index (κ2) is 7.72. The zero-order valence-corrected chi connectivity index (χ0v) is 19.7. The van der Waals surface area contributed by atoms with Crippen LogP contribution < -0.4 is 11.2 Å². The third-order valence-electron chi connectivity index (χ3n) is 4.75. The van der Waals surface area contributed by atoms with Crippen LogP contribution in [-0.4, -0.2) is 29.3 Å². The van der Waals surface area contributed by atoms with Crippen molar-refractivity contribution in [2.24, 2.45) is 14.1 Å². The minimum Gasteiger partial charge on any atom is -0.419 e.